The van der Waals surface area contributed by atoms with Crippen LogP contribution in [0.2, 0.25) is 0 Å². The van der Waals surface area contributed by atoms with Crippen LogP contribution in [0.1, 0.15) is 91.8 Å². The molecule has 20 heteroatoms. The second kappa shape index (κ2) is 33.6. The molecule has 280 valence electrons. The minimum Gasteiger partial charge on any atom is -1.00 e. The van der Waals surface area contributed by atoms with E-state index in [4.69, 9.17) is 35.2 Å². The smallest absolute Gasteiger partial charge is 1.00 e. The number of carbonyl (C=O) groups is 5. The monoisotopic (exact) mass is 732 g/mol. The summed E-state index contributed by atoms with van der Waals surface area (Å²) in [6.07, 6.45) is 10.4. The molecule has 0 rings (SSSR count). The molecule has 0 saturated heterocycles. The van der Waals surface area contributed by atoms with Crippen LogP contribution in [0.15, 0.2) is 0 Å². The van der Waals surface area contributed by atoms with Crippen molar-refractivity contribution in [1.82, 2.24) is 0 Å². The third-order valence-corrected chi connectivity index (χ3v) is 6.88. The van der Waals surface area contributed by atoms with E-state index in [0.29, 0.717) is 6.61 Å². The Kier molecular flexibility index (Phi) is 37.0. The van der Waals surface area contributed by atoms with Crippen LogP contribution in [-0.2, 0) is 48.3 Å². The Morgan fingerprint density at radius 2 is 1.04 bits per heavy atom. The Morgan fingerprint density at radius 3 is 1.33 bits per heavy atom. The fraction of sp³-hybridized carbons (Fsp3) is 0.821. The van der Waals surface area contributed by atoms with Crippen molar-refractivity contribution < 1.29 is 118 Å². The topological polar surface area (TPSA) is 309 Å². The zero-order valence-corrected chi connectivity index (χ0v) is 30.6. The van der Waals surface area contributed by atoms with Gasteiger partial charge in [0.15, 0.2) is 10.9 Å². The molecule has 0 bridgehead atoms. The van der Waals surface area contributed by atoms with Gasteiger partial charge in [0, 0.05) is 6.61 Å². The van der Waals surface area contributed by atoms with E-state index in [9.17, 15) is 37.5 Å². The van der Waals surface area contributed by atoms with E-state index in [0.717, 1.165) is 6.42 Å². The molecule has 0 fully saturated rings. The van der Waals surface area contributed by atoms with Crippen molar-refractivity contribution in [2.45, 2.75) is 101 Å². The first-order valence-electron chi connectivity index (χ1n) is 15.1. The van der Waals surface area contributed by atoms with Gasteiger partial charge in [-0.1, -0.05) is 64.7 Å². The number of esters is 3. The van der Waals surface area contributed by atoms with Gasteiger partial charge in [0.1, 0.15) is 19.8 Å². The zero-order chi connectivity index (χ0) is 36.7. The molecule has 0 aromatic carbocycles. The predicted molar refractivity (Wildman–Crippen MR) is 164 cm³/mol. The first-order valence-corrected chi connectivity index (χ1v) is 16.6. The number of carboxylic acids is 2. The molecule has 0 aliphatic heterocycles. The standard InChI is InChI=1S/C12H20O10.C12H26O.C4H6O7S.Na.H/c13-1-4-20-9(16)7-12(19,11(18)22-6-3-15)8-10(17)21-5-2-14;1-2-3-4-5-6-7-8-9-10-11-12-13;5-3(6)1-2(4(7)8)12(9,10)11;;/h13-15,19H,1-8H2;13H,2-12H2,1H3;2H,1H2,(H,5,6)(H,7,8)(H,9,10,11);;/q;;;+1;-1. The van der Waals surface area contributed by atoms with Gasteiger partial charge in [0.05, 0.1) is 39.1 Å². The van der Waals surface area contributed by atoms with Crippen molar-refractivity contribution in [3.63, 3.8) is 0 Å². The van der Waals surface area contributed by atoms with Crippen LogP contribution in [0, 0.1) is 0 Å². The van der Waals surface area contributed by atoms with Gasteiger partial charge < -0.3 is 51.4 Å². The average Bonchev–Trinajstić information content (AvgIpc) is 2.99. The Hall–Kier alpha value is -1.94. The van der Waals surface area contributed by atoms with Gasteiger partial charge in [0.25, 0.3) is 10.1 Å². The zero-order valence-electron chi connectivity index (χ0n) is 28.8. The molecule has 1 atom stereocenters. The summed E-state index contributed by atoms with van der Waals surface area (Å²) in [4.78, 5) is 54.6. The SMILES string of the molecule is CCCCCCCCCCCCO.O=C(CC(O)(CC(=O)OCCO)C(=O)OCCO)OCCO.O=C(O)CC(C(=O)O)S(=O)(=O)O.[H-].[Na+]. The summed E-state index contributed by atoms with van der Waals surface area (Å²) >= 11 is 0. The number of aliphatic carboxylic acids is 2. The molecule has 0 aromatic heterocycles. The molecule has 0 radical (unpaired) electrons. The van der Waals surface area contributed by atoms with Crippen LogP contribution in [0.4, 0.5) is 0 Å². The molecule has 0 aromatic rings. The predicted octanol–water partition coefficient (Wildman–Crippen LogP) is -3.08. The Bertz CT molecular complexity index is 951. The van der Waals surface area contributed by atoms with E-state index < -0.39 is 96.5 Å². The molecule has 0 aliphatic carbocycles. The minimum absolute atomic E-state index is 0. The molecule has 18 nitrogen and oxygen atoms in total. The second-order valence-corrected chi connectivity index (χ2v) is 11.6. The molecule has 0 aliphatic rings. The van der Waals surface area contributed by atoms with Gasteiger partial charge in [-0.25, -0.2) is 4.79 Å². The normalized spacial score (nSPS) is 11.3. The molecule has 8 N–H and O–H groups in total. The van der Waals surface area contributed by atoms with Crippen molar-refractivity contribution in [3.8, 4) is 0 Å². The second-order valence-electron chi connectivity index (χ2n) is 9.98. The molecule has 0 amide bonds. The van der Waals surface area contributed by atoms with E-state index in [2.05, 4.69) is 21.1 Å². The number of aliphatic hydroxyl groups is 5. The number of ether oxygens (including phenoxy) is 3. The largest absolute Gasteiger partial charge is 1.00 e. The summed E-state index contributed by atoms with van der Waals surface area (Å²) in [5.41, 5.74) is -2.53. The number of carbonyl (C=O) groups excluding carboxylic acids is 3. The van der Waals surface area contributed by atoms with Crippen molar-refractivity contribution in [1.29, 1.82) is 0 Å². The average molecular weight is 733 g/mol. The van der Waals surface area contributed by atoms with E-state index >= 15 is 0 Å². The van der Waals surface area contributed by atoms with Crippen LogP contribution >= 0.6 is 0 Å². The summed E-state index contributed by atoms with van der Waals surface area (Å²) in [5.74, 6) is -6.87. The van der Waals surface area contributed by atoms with Gasteiger partial charge in [-0.15, -0.1) is 0 Å². The van der Waals surface area contributed by atoms with E-state index in [1.165, 1.54) is 57.8 Å². The number of unbranched alkanes of at least 4 members (excludes halogenated alkanes) is 9. The van der Waals surface area contributed by atoms with Gasteiger partial charge in [0.2, 0.25) is 0 Å². The molecular formula is C28H53NaO18S. The van der Waals surface area contributed by atoms with Crippen LogP contribution in [0.3, 0.4) is 0 Å². The number of carboxylic acid groups (broad SMARTS) is 2. The summed E-state index contributed by atoms with van der Waals surface area (Å²) < 4.78 is 42.2. The molecular weight excluding hydrogens is 679 g/mol. The van der Waals surface area contributed by atoms with Crippen LogP contribution in [0.25, 0.3) is 0 Å². The maximum absolute atomic E-state index is 11.7. The van der Waals surface area contributed by atoms with Crippen LogP contribution < -0.4 is 29.6 Å². The fourth-order valence-electron chi connectivity index (χ4n) is 3.46. The Balaban J connectivity index is -0.000000207. The minimum atomic E-state index is -4.84. The van der Waals surface area contributed by atoms with E-state index in [1.807, 2.05) is 0 Å². The third kappa shape index (κ3) is 32.6. The maximum atomic E-state index is 11.7. The fourth-order valence-corrected chi connectivity index (χ4v) is 4.06. The van der Waals surface area contributed by atoms with Crippen molar-refractivity contribution >= 4 is 40.0 Å². The summed E-state index contributed by atoms with van der Waals surface area (Å²) in [6, 6.07) is 0. The number of rotatable bonds is 25. The van der Waals surface area contributed by atoms with Crippen LogP contribution in [-0.4, -0.2) is 136 Å². The van der Waals surface area contributed by atoms with Gasteiger partial charge >= 0.3 is 59.4 Å². The molecule has 0 spiro atoms. The van der Waals surface area contributed by atoms with E-state index in [1.54, 1.807) is 0 Å². The number of hydrogen-bond donors (Lipinski definition) is 8. The summed E-state index contributed by atoms with van der Waals surface area (Å²) in [6.45, 7) is 0.121. The molecule has 1 unspecified atom stereocenters. The Labute approximate surface area is 304 Å². The first-order chi connectivity index (χ1) is 22.1. The third-order valence-electron chi connectivity index (χ3n) is 5.79. The summed E-state index contributed by atoms with van der Waals surface area (Å²) in [7, 11) is -4.84. The Morgan fingerprint density at radius 1 is 0.667 bits per heavy atom. The van der Waals surface area contributed by atoms with Crippen molar-refractivity contribution in [2.24, 2.45) is 0 Å². The quantitative estimate of drug-likeness (QED) is 0.0152. The van der Waals surface area contributed by atoms with E-state index in [-0.39, 0.29) is 44.2 Å². The molecule has 0 heterocycles. The first kappa shape index (κ1) is 52.9. The van der Waals surface area contributed by atoms with Crippen molar-refractivity contribution in [3.05, 3.63) is 0 Å². The van der Waals surface area contributed by atoms with Crippen molar-refractivity contribution in [2.75, 3.05) is 46.2 Å². The van der Waals surface area contributed by atoms with Gasteiger partial charge in [-0.2, -0.15) is 8.42 Å². The van der Waals surface area contributed by atoms with Gasteiger partial charge in [-0.05, 0) is 6.42 Å². The summed E-state index contributed by atoms with van der Waals surface area (Å²) in [5, 5.41) is 58.3. The number of hydrogen-bond acceptors (Lipinski definition) is 15. The van der Waals surface area contributed by atoms with Crippen LogP contribution in [0.5, 0.6) is 0 Å². The molecule has 48 heavy (non-hydrogen) atoms. The number of aliphatic hydroxyl groups excluding tert-OH is 4. The maximum Gasteiger partial charge on any atom is 1.00 e. The molecule has 0 saturated carbocycles. The van der Waals surface area contributed by atoms with Gasteiger partial charge in [-0.3, -0.25) is 23.7 Å².